The molecule has 1 amide bonds. The van der Waals surface area contributed by atoms with Crippen molar-refractivity contribution in [3.63, 3.8) is 0 Å². The summed E-state index contributed by atoms with van der Waals surface area (Å²) in [6.45, 7) is 10.7. The number of hydrogen-bond acceptors (Lipinski definition) is 3. The molecule has 0 radical (unpaired) electrons. The van der Waals surface area contributed by atoms with Gasteiger partial charge in [0.1, 0.15) is 5.60 Å². The van der Waals surface area contributed by atoms with Crippen LogP contribution >= 0.6 is 0 Å². The molecule has 0 atom stereocenters. The largest absolute Gasteiger partial charge is 0.444 e. The molecule has 0 aliphatic carbocycles. The zero-order valence-corrected chi connectivity index (χ0v) is 12.4. The lowest BCUT2D eigenvalue weighted by molar-refractivity contribution is 0.0636. The van der Waals surface area contributed by atoms with E-state index in [-0.39, 0.29) is 0 Å². The Morgan fingerprint density at radius 1 is 1.21 bits per heavy atom. The second kappa shape index (κ2) is 6.45. The van der Waals surface area contributed by atoms with Gasteiger partial charge in [0.25, 0.3) is 0 Å². The van der Waals surface area contributed by atoms with E-state index in [0.29, 0.717) is 5.92 Å². The lowest BCUT2D eigenvalue weighted by Gasteiger charge is -2.21. The maximum absolute atomic E-state index is 11.8. The van der Waals surface area contributed by atoms with Crippen molar-refractivity contribution in [1.29, 1.82) is 0 Å². The fourth-order valence-corrected chi connectivity index (χ4v) is 1.47. The van der Waals surface area contributed by atoms with Crippen LogP contribution in [0, 0.1) is 5.92 Å². The molecule has 0 saturated heterocycles. The van der Waals surface area contributed by atoms with Crippen LogP contribution < -0.4 is 10.6 Å². The summed E-state index contributed by atoms with van der Waals surface area (Å²) in [7, 11) is 0. The van der Waals surface area contributed by atoms with Crippen LogP contribution in [0.3, 0.4) is 0 Å². The van der Waals surface area contributed by atoms with Crippen molar-refractivity contribution in [2.75, 3.05) is 17.2 Å². The van der Waals surface area contributed by atoms with Crippen molar-refractivity contribution < 1.29 is 9.53 Å². The van der Waals surface area contributed by atoms with Crippen LogP contribution in [0.1, 0.15) is 34.6 Å². The Bertz CT molecular complexity index is 422. The van der Waals surface area contributed by atoms with Gasteiger partial charge in [0, 0.05) is 6.54 Å². The molecule has 2 N–H and O–H groups in total. The van der Waals surface area contributed by atoms with E-state index in [1.165, 1.54) is 0 Å². The number of para-hydroxylation sites is 2. The van der Waals surface area contributed by atoms with Gasteiger partial charge in [-0.2, -0.15) is 0 Å². The number of benzene rings is 1. The molecule has 4 nitrogen and oxygen atoms in total. The first kappa shape index (κ1) is 15.3. The third kappa shape index (κ3) is 6.13. The Hall–Kier alpha value is -1.71. The maximum Gasteiger partial charge on any atom is 0.412 e. The van der Waals surface area contributed by atoms with E-state index in [1.807, 2.05) is 45.0 Å². The van der Waals surface area contributed by atoms with Crippen LogP contribution in [0.15, 0.2) is 24.3 Å². The molecule has 1 rings (SSSR count). The van der Waals surface area contributed by atoms with Crippen molar-refractivity contribution in [2.45, 2.75) is 40.2 Å². The summed E-state index contributed by atoms with van der Waals surface area (Å²) in [6.07, 6.45) is -0.439. The van der Waals surface area contributed by atoms with Gasteiger partial charge in [-0.15, -0.1) is 0 Å². The molecular weight excluding hydrogens is 240 g/mol. The number of ether oxygens (including phenoxy) is 1. The highest BCUT2D eigenvalue weighted by molar-refractivity contribution is 5.89. The van der Waals surface area contributed by atoms with Crippen LogP contribution in [0.25, 0.3) is 0 Å². The van der Waals surface area contributed by atoms with E-state index >= 15 is 0 Å². The van der Waals surface area contributed by atoms with Crippen molar-refractivity contribution in [3.05, 3.63) is 24.3 Å². The number of carbonyl (C=O) groups excluding carboxylic acids is 1. The third-order valence-corrected chi connectivity index (χ3v) is 2.26. The maximum atomic E-state index is 11.8. The molecule has 0 heterocycles. The summed E-state index contributed by atoms with van der Waals surface area (Å²) in [5, 5.41) is 6.08. The van der Waals surface area contributed by atoms with Crippen molar-refractivity contribution in [3.8, 4) is 0 Å². The standard InChI is InChI=1S/C15H24N2O2/c1-11(2)10-16-12-8-6-7-9-13(12)17-14(18)19-15(3,4)5/h6-9,11,16H,10H2,1-5H3,(H,17,18). The van der Waals surface area contributed by atoms with Crippen molar-refractivity contribution >= 4 is 17.5 Å². The van der Waals surface area contributed by atoms with Gasteiger partial charge in [-0.3, -0.25) is 5.32 Å². The van der Waals surface area contributed by atoms with Gasteiger partial charge in [-0.1, -0.05) is 26.0 Å². The second-order valence-electron chi connectivity index (χ2n) is 5.95. The zero-order valence-electron chi connectivity index (χ0n) is 12.4. The Balaban J connectivity index is 2.69. The van der Waals surface area contributed by atoms with Gasteiger partial charge in [0.15, 0.2) is 0 Å². The number of amides is 1. The van der Waals surface area contributed by atoms with Crippen LogP contribution in [0.2, 0.25) is 0 Å². The lowest BCUT2D eigenvalue weighted by Crippen LogP contribution is -2.27. The molecule has 1 aromatic rings. The molecule has 0 aromatic heterocycles. The molecule has 0 fully saturated rings. The molecule has 19 heavy (non-hydrogen) atoms. The van der Waals surface area contributed by atoms with Gasteiger partial charge in [0.05, 0.1) is 11.4 Å². The minimum Gasteiger partial charge on any atom is -0.444 e. The Kier molecular flexibility index (Phi) is 5.21. The van der Waals surface area contributed by atoms with Crippen LogP contribution in [0.4, 0.5) is 16.2 Å². The smallest absolute Gasteiger partial charge is 0.412 e. The van der Waals surface area contributed by atoms with E-state index in [9.17, 15) is 4.79 Å². The topological polar surface area (TPSA) is 50.4 Å². The highest BCUT2D eigenvalue weighted by Crippen LogP contribution is 2.22. The van der Waals surface area contributed by atoms with Crippen LogP contribution in [-0.2, 0) is 4.74 Å². The molecule has 0 spiro atoms. The Morgan fingerprint density at radius 3 is 2.32 bits per heavy atom. The molecule has 0 saturated carbocycles. The highest BCUT2D eigenvalue weighted by atomic mass is 16.6. The highest BCUT2D eigenvalue weighted by Gasteiger charge is 2.17. The van der Waals surface area contributed by atoms with Gasteiger partial charge in [-0.25, -0.2) is 4.79 Å². The summed E-state index contributed by atoms with van der Waals surface area (Å²) in [5.41, 5.74) is 1.14. The first-order valence-corrected chi connectivity index (χ1v) is 6.61. The predicted octanol–water partition coefficient (Wildman–Crippen LogP) is 4.10. The van der Waals surface area contributed by atoms with E-state index in [0.717, 1.165) is 17.9 Å². The molecule has 106 valence electrons. The van der Waals surface area contributed by atoms with E-state index in [1.54, 1.807) is 0 Å². The number of nitrogens with one attached hydrogen (secondary N) is 2. The molecular formula is C15H24N2O2. The normalized spacial score (nSPS) is 11.3. The summed E-state index contributed by atoms with van der Waals surface area (Å²) >= 11 is 0. The SMILES string of the molecule is CC(C)CNc1ccccc1NC(=O)OC(C)(C)C. The van der Waals surface area contributed by atoms with Crippen molar-refractivity contribution in [1.82, 2.24) is 0 Å². The van der Waals surface area contributed by atoms with E-state index in [4.69, 9.17) is 4.74 Å². The molecule has 1 aromatic carbocycles. The first-order valence-electron chi connectivity index (χ1n) is 6.61. The number of rotatable bonds is 4. The quantitative estimate of drug-likeness (QED) is 0.860. The fourth-order valence-electron chi connectivity index (χ4n) is 1.47. The minimum atomic E-state index is -0.496. The number of anilines is 2. The third-order valence-electron chi connectivity index (χ3n) is 2.26. The zero-order chi connectivity index (χ0) is 14.5. The van der Waals surface area contributed by atoms with Crippen LogP contribution in [0.5, 0.6) is 0 Å². The van der Waals surface area contributed by atoms with Gasteiger partial charge in [-0.05, 0) is 38.8 Å². The number of hydrogen-bond donors (Lipinski definition) is 2. The van der Waals surface area contributed by atoms with E-state index in [2.05, 4.69) is 24.5 Å². The summed E-state index contributed by atoms with van der Waals surface area (Å²) in [6, 6.07) is 7.61. The Labute approximate surface area is 115 Å². The molecule has 4 heteroatoms. The fraction of sp³-hybridized carbons (Fsp3) is 0.533. The average molecular weight is 264 g/mol. The van der Waals surface area contributed by atoms with Gasteiger partial charge < -0.3 is 10.1 Å². The van der Waals surface area contributed by atoms with Gasteiger partial charge in [0.2, 0.25) is 0 Å². The van der Waals surface area contributed by atoms with E-state index < -0.39 is 11.7 Å². The Morgan fingerprint density at radius 2 is 1.79 bits per heavy atom. The minimum absolute atomic E-state index is 0.439. The van der Waals surface area contributed by atoms with Gasteiger partial charge >= 0.3 is 6.09 Å². The predicted molar refractivity (Wildman–Crippen MR) is 79.6 cm³/mol. The van der Waals surface area contributed by atoms with Crippen molar-refractivity contribution in [2.24, 2.45) is 5.92 Å². The molecule has 0 unspecified atom stereocenters. The summed E-state index contributed by atoms with van der Waals surface area (Å²) < 4.78 is 5.24. The molecule has 0 aliphatic rings. The first-order chi connectivity index (χ1) is 8.78. The summed E-state index contributed by atoms with van der Waals surface area (Å²) in [5.74, 6) is 0.537. The lowest BCUT2D eigenvalue weighted by atomic mass is 10.2. The number of carbonyl (C=O) groups is 1. The second-order valence-corrected chi connectivity index (χ2v) is 5.95. The molecule has 0 bridgehead atoms. The average Bonchev–Trinajstić information content (AvgIpc) is 2.25. The monoisotopic (exact) mass is 264 g/mol. The van der Waals surface area contributed by atoms with Crippen LogP contribution in [-0.4, -0.2) is 18.2 Å². The summed E-state index contributed by atoms with van der Waals surface area (Å²) in [4.78, 5) is 11.8. The molecule has 0 aliphatic heterocycles.